The summed E-state index contributed by atoms with van der Waals surface area (Å²) in [6.07, 6.45) is 8.78. The van der Waals surface area contributed by atoms with Crippen LogP contribution in [0.1, 0.15) is 36.2 Å². The highest BCUT2D eigenvalue weighted by molar-refractivity contribution is 5.93. The first-order valence-corrected chi connectivity index (χ1v) is 8.94. The maximum Gasteiger partial charge on any atom is 0.272 e. The molecule has 1 aliphatic carbocycles. The molecule has 0 unspecified atom stereocenters. The van der Waals surface area contributed by atoms with Crippen LogP contribution in [-0.4, -0.2) is 57.5 Å². The summed E-state index contributed by atoms with van der Waals surface area (Å²) in [5, 5.41) is 0. The van der Waals surface area contributed by atoms with Crippen LogP contribution in [-0.2, 0) is 0 Å². The normalized spacial score (nSPS) is 19.8. The van der Waals surface area contributed by atoms with E-state index >= 15 is 0 Å². The molecule has 0 atom stereocenters. The zero-order valence-corrected chi connectivity index (χ0v) is 14.0. The maximum atomic E-state index is 12.9. The number of imidazole rings is 1. The molecule has 5 heteroatoms. The van der Waals surface area contributed by atoms with Gasteiger partial charge in [-0.3, -0.25) is 14.3 Å². The van der Waals surface area contributed by atoms with E-state index in [-0.39, 0.29) is 5.91 Å². The predicted molar refractivity (Wildman–Crippen MR) is 93.3 cm³/mol. The van der Waals surface area contributed by atoms with E-state index in [4.69, 9.17) is 0 Å². The van der Waals surface area contributed by atoms with Gasteiger partial charge in [-0.05, 0) is 25.0 Å². The Hall–Kier alpha value is -2.14. The van der Waals surface area contributed by atoms with E-state index < -0.39 is 0 Å². The van der Waals surface area contributed by atoms with E-state index in [9.17, 15) is 4.79 Å². The summed E-state index contributed by atoms with van der Waals surface area (Å²) in [5.74, 6) is 0.0856. The Labute approximate surface area is 142 Å². The van der Waals surface area contributed by atoms with E-state index in [0.717, 1.165) is 37.9 Å². The van der Waals surface area contributed by atoms with Crippen molar-refractivity contribution in [3.8, 4) is 5.69 Å². The second kappa shape index (κ2) is 6.77. The van der Waals surface area contributed by atoms with Gasteiger partial charge in [-0.2, -0.15) is 0 Å². The van der Waals surface area contributed by atoms with Gasteiger partial charge < -0.3 is 4.90 Å². The zero-order valence-electron chi connectivity index (χ0n) is 14.0. The van der Waals surface area contributed by atoms with E-state index in [2.05, 4.69) is 9.88 Å². The molecule has 0 radical (unpaired) electrons. The number of amides is 1. The highest BCUT2D eigenvalue weighted by Gasteiger charge is 2.29. The number of hydrogen-bond acceptors (Lipinski definition) is 3. The molecule has 126 valence electrons. The first-order valence-electron chi connectivity index (χ1n) is 8.94. The minimum absolute atomic E-state index is 0.0856. The highest BCUT2D eigenvalue weighted by Crippen LogP contribution is 2.24. The van der Waals surface area contributed by atoms with Crippen molar-refractivity contribution in [3.63, 3.8) is 0 Å². The number of hydrogen-bond donors (Lipinski definition) is 0. The largest absolute Gasteiger partial charge is 0.335 e. The van der Waals surface area contributed by atoms with Gasteiger partial charge in [0.15, 0.2) is 0 Å². The second-order valence-corrected chi connectivity index (χ2v) is 6.75. The van der Waals surface area contributed by atoms with Crippen LogP contribution >= 0.6 is 0 Å². The zero-order chi connectivity index (χ0) is 16.4. The van der Waals surface area contributed by atoms with Gasteiger partial charge in [-0.15, -0.1) is 0 Å². The lowest BCUT2D eigenvalue weighted by atomic mass is 10.1. The molecule has 4 rings (SSSR count). The number of aromatic nitrogens is 2. The lowest BCUT2D eigenvalue weighted by Crippen LogP contribution is -2.51. The lowest BCUT2D eigenvalue weighted by molar-refractivity contribution is 0.0566. The van der Waals surface area contributed by atoms with Gasteiger partial charge in [0.05, 0.1) is 12.5 Å². The Morgan fingerprint density at radius 1 is 1.00 bits per heavy atom. The third-order valence-corrected chi connectivity index (χ3v) is 5.33. The van der Waals surface area contributed by atoms with Crippen molar-refractivity contribution in [1.82, 2.24) is 19.4 Å². The molecular formula is C19H24N4O. The summed E-state index contributed by atoms with van der Waals surface area (Å²) in [6, 6.07) is 10.7. The molecule has 0 spiro atoms. The van der Waals surface area contributed by atoms with Crippen molar-refractivity contribution in [3.05, 3.63) is 48.5 Å². The summed E-state index contributed by atoms with van der Waals surface area (Å²) in [5.41, 5.74) is 1.62. The van der Waals surface area contributed by atoms with Crippen LogP contribution in [0.2, 0.25) is 0 Å². The van der Waals surface area contributed by atoms with Crippen LogP contribution < -0.4 is 0 Å². The molecule has 1 amide bonds. The Balaban J connectivity index is 1.45. The van der Waals surface area contributed by atoms with Crippen LogP contribution in [0.4, 0.5) is 0 Å². The first kappa shape index (κ1) is 15.4. The predicted octanol–water partition coefficient (Wildman–Crippen LogP) is 2.57. The molecule has 2 heterocycles. The minimum atomic E-state index is 0.0856. The monoisotopic (exact) mass is 324 g/mol. The van der Waals surface area contributed by atoms with E-state index in [1.807, 2.05) is 39.8 Å². The molecule has 2 aromatic rings. The molecule has 1 aromatic heterocycles. The van der Waals surface area contributed by atoms with Crippen LogP contribution in [0.5, 0.6) is 0 Å². The van der Waals surface area contributed by atoms with Gasteiger partial charge in [-0.1, -0.05) is 31.0 Å². The Kier molecular flexibility index (Phi) is 4.34. The third kappa shape index (κ3) is 2.96. The molecule has 1 saturated heterocycles. The number of carbonyl (C=O) groups excluding carboxylic acids is 1. The fourth-order valence-electron chi connectivity index (χ4n) is 3.97. The highest BCUT2D eigenvalue weighted by atomic mass is 16.2. The smallest absolute Gasteiger partial charge is 0.272 e. The van der Waals surface area contributed by atoms with Crippen molar-refractivity contribution in [2.24, 2.45) is 0 Å². The van der Waals surface area contributed by atoms with Gasteiger partial charge in [0.2, 0.25) is 0 Å². The number of piperazine rings is 1. The molecule has 1 aliphatic heterocycles. The number of rotatable bonds is 3. The van der Waals surface area contributed by atoms with Crippen LogP contribution in [0, 0.1) is 0 Å². The Bertz CT molecular complexity index is 682. The summed E-state index contributed by atoms with van der Waals surface area (Å²) < 4.78 is 1.88. The summed E-state index contributed by atoms with van der Waals surface area (Å²) >= 11 is 0. The molecule has 0 bridgehead atoms. The third-order valence-electron chi connectivity index (χ3n) is 5.33. The second-order valence-electron chi connectivity index (χ2n) is 6.75. The van der Waals surface area contributed by atoms with E-state index in [1.54, 1.807) is 12.5 Å². The summed E-state index contributed by atoms with van der Waals surface area (Å²) in [6.45, 7) is 3.62. The van der Waals surface area contributed by atoms with Gasteiger partial charge in [0.25, 0.3) is 5.91 Å². The van der Waals surface area contributed by atoms with Gasteiger partial charge in [0.1, 0.15) is 5.69 Å². The van der Waals surface area contributed by atoms with Crippen molar-refractivity contribution >= 4 is 5.91 Å². The number of nitrogens with zero attached hydrogens (tertiary/aromatic N) is 4. The first-order chi connectivity index (χ1) is 11.8. The van der Waals surface area contributed by atoms with Gasteiger partial charge >= 0.3 is 0 Å². The number of carbonyl (C=O) groups is 1. The number of benzene rings is 1. The molecule has 24 heavy (non-hydrogen) atoms. The Morgan fingerprint density at radius 3 is 2.42 bits per heavy atom. The van der Waals surface area contributed by atoms with Crippen LogP contribution in [0.25, 0.3) is 5.69 Å². The topological polar surface area (TPSA) is 41.4 Å². The van der Waals surface area contributed by atoms with Crippen LogP contribution in [0.3, 0.4) is 0 Å². The Morgan fingerprint density at radius 2 is 1.71 bits per heavy atom. The standard InChI is InChI=1S/C19H24N4O/c24-19(18-14-20-15-23(18)17-8-2-1-3-9-17)22-12-10-21(11-13-22)16-6-4-5-7-16/h1-3,8-9,14-16H,4-7,10-13H2. The van der Waals surface area contributed by atoms with Gasteiger partial charge in [-0.25, -0.2) is 4.98 Å². The molecule has 2 aliphatic rings. The quantitative estimate of drug-likeness (QED) is 0.871. The SMILES string of the molecule is O=C(c1cncn1-c1ccccc1)N1CCN(C2CCCC2)CC1. The minimum Gasteiger partial charge on any atom is -0.335 e. The molecule has 2 fully saturated rings. The molecule has 1 aromatic carbocycles. The van der Waals surface area contributed by atoms with Crippen LogP contribution in [0.15, 0.2) is 42.9 Å². The van der Waals surface area contributed by atoms with Crippen molar-refractivity contribution in [2.45, 2.75) is 31.7 Å². The number of para-hydroxylation sites is 1. The fourth-order valence-corrected chi connectivity index (χ4v) is 3.97. The average molecular weight is 324 g/mol. The molecule has 5 nitrogen and oxygen atoms in total. The maximum absolute atomic E-state index is 12.9. The van der Waals surface area contributed by atoms with E-state index in [1.165, 1.54) is 25.7 Å². The van der Waals surface area contributed by atoms with Crippen molar-refractivity contribution < 1.29 is 4.79 Å². The fraction of sp³-hybridized carbons (Fsp3) is 0.474. The molecule has 1 saturated carbocycles. The summed E-state index contributed by atoms with van der Waals surface area (Å²) in [4.78, 5) is 21.7. The lowest BCUT2D eigenvalue weighted by Gasteiger charge is -2.38. The van der Waals surface area contributed by atoms with E-state index in [0.29, 0.717) is 5.69 Å². The molecule has 0 N–H and O–H groups in total. The van der Waals surface area contributed by atoms with Crippen molar-refractivity contribution in [1.29, 1.82) is 0 Å². The molecular weight excluding hydrogens is 300 g/mol. The van der Waals surface area contributed by atoms with Crippen molar-refractivity contribution in [2.75, 3.05) is 26.2 Å². The summed E-state index contributed by atoms with van der Waals surface area (Å²) in [7, 11) is 0. The van der Waals surface area contributed by atoms with Gasteiger partial charge in [0, 0.05) is 37.9 Å². The average Bonchev–Trinajstić information content (AvgIpc) is 3.34.